The van der Waals surface area contributed by atoms with Gasteiger partial charge >= 0.3 is 0 Å². The van der Waals surface area contributed by atoms with Crippen LogP contribution in [0.25, 0.3) is 0 Å². The minimum atomic E-state index is 0.363. The fraction of sp³-hybridized carbons (Fsp3) is 1.00. The van der Waals surface area contributed by atoms with Gasteiger partial charge in [-0.3, -0.25) is 0 Å². The molecule has 0 bridgehead atoms. The molecule has 0 spiro atoms. The lowest BCUT2D eigenvalue weighted by atomic mass is 9.70. The predicted molar refractivity (Wildman–Crippen MR) is 80.9 cm³/mol. The fourth-order valence-electron chi connectivity index (χ4n) is 3.20. The summed E-state index contributed by atoms with van der Waals surface area (Å²) in [5.41, 5.74) is 6.05. The molecule has 16 heavy (non-hydrogen) atoms. The Morgan fingerprint density at radius 1 is 1.25 bits per heavy atom. The van der Waals surface area contributed by atoms with Crippen molar-refractivity contribution in [2.75, 3.05) is 4.43 Å². The standard InChI is InChI=1S/C14H28IN/c1-4-14(11(3)16)10(2)5-6-12-7-8-13(12)9-15/h10-14H,4-9,16H2,1-3H3. The molecule has 1 nitrogen and oxygen atoms in total. The SMILES string of the molecule is CCC(C(C)N)C(C)CCC1CCC1CI. The molecule has 1 saturated carbocycles. The molecule has 2 N–H and O–H groups in total. The fourth-order valence-corrected chi connectivity index (χ4v) is 4.36. The van der Waals surface area contributed by atoms with Gasteiger partial charge in [0, 0.05) is 10.5 Å². The summed E-state index contributed by atoms with van der Waals surface area (Å²) < 4.78 is 1.36. The van der Waals surface area contributed by atoms with Gasteiger partial charge in [0.2, 0.25) is 0 Å². The van der Waals surface area contributed by atoms with E-state index in [0.717, 1.165) is 23.7 Å². The maximum Gasteiger partial charge on any atom is 0.00412 e. The average Bonchev–Trinajstić information content (AvgIpc) is 2.17. The van der Waals surface area contributed by atoms with Crippen molar-refractivity contribution >= 4 is 22.6 Å². The molecule has 0 amide bonds. The van der Waals surface area contributed by atoms with E-state index in [1.165, 1.54) is 36.5 Å². The minimum Gasteiger partial charge on any atom is -0.328 e. The molecule has 0 aliphatic heterocycles. The van der Waals surface area contributed by atoms with E-state index in [4.69, 9.17) is 5.73 Å². The van der Waals surface area contributed by atoms with E-state index >= 15 is 0 Å². The van der Waals surface area contributed by atoms with Crippen LogP contribution in [0.15, 0.2) is 0 Å². The van der Waals surface area contributed by atoms with E-state index in [-0.39, 0.29) is 0 Å². The molecular formula is C14H28IN. The Bertz CT molecular complexity index is 191. The van der Waals surface area contributed by atoms with Gasteiger partial charge in [0.1, 0.15) is 0 Å². The van der Waals surface area contributed by atoms with Crippen LogP contribution in [0.1, 0.15) is 52.9 Å². The number of hydrogen-bond donors (Lipinski definition) is 1. The van der Waals surface area contributed by atoms with E-state index < -0.39 is 0 Å². The maximum atomic E-state index is 6.05. The smallest absolute Gasteiger partial charge is 0.00412 e. The second-order valence-electron chi connectivity index (χ2n) is 5.74. The zero-order valence-electron chi connectivity index (χ0n) is 11.1. The predicted octanol–water partition coefficient (Wildman–Crippen LogP) is 4.24. The number of alkyl halides is 1. The highest BCUT2D eigenvalue weighted by Gasteiger charge is 2.30. The van der Waals surface area contributed by atoms with Crippen molar-refractivity contribution in [3.63, 3.8) is 0 Å². The van der Waals surface area contributed by atoms with Crippen molar-refractivity contribution < 1.29 is 0 Å². The highest BCUT2D eigenvalue weighted by molar-refractivity contribution is 14.1. The lowest BCUT2D eigenvalue weighted by Gasteiger charge is -2.37. The Kier molecular flexibility index (Phi) is 6.63. The first-order valence-corrected chi connectivity index (χ1v) is 8.44. The summed E-state index contributed by atoms with van der Waals surface area (Å²) >= 11 is 2.55. The van der Waals surface area contributed by atoms with Crippen LogP contribution in [0.5, 0.6) is 0 Å². The summed E-state index contributed by atoms with van der Waals surface area (Å²) in [6.45, 7) is 6.85. The largest absolute Gasteiger partial charge is 0.328 e. The van der Waals surface area contributed by atoms with Crippen LogP contribution in [0.4, 0.5) is 0 Å². The number of hydrogen-bond acceptors (Lipinski definition) is 1. The zero-order chi connectivity index (χ0) is 12.1. The van der Waals surface area contributed by atoms with Gasteiger partial charge in [0.15, 0.2) is 0 Å². The monoisotopic (exact) mass is 337 g/mol. The van der Waals surface area contributed by atoms with Crippen LogP contribution in [0.2, 0.25) is 0 Å². The molecule has 0 aromatic heterocycles. The van der Waals surface area contributed by atoms with Gasteiger partial charge in [-0.25, -0.2) is 0 Å². The van der Waals surface area contributed by atoms with Gasteiger partial charge in [0.25, 0.3) is 0 Å². The zero-order valence-corrected chi connectivity index (χ0v) is 13.2. The number of halogens is 1. The average molecular weight is 337 g/mol. The number of nitrogens with two attached hydrogens (primary N) is 1. The van der Waals surface area contributed by atoms with E-state index in [1.54, 1.807) is 0 Å². The molecule has 1 aliphatic carbocycles. The summed E-state index contributed by atoms with van der Waals surface area (Å²) in [6, 6.07) is 0.363. The van der Waals surface area contributed by atoms with Crippen LogP contribution >= 0.6 is 22.6 Å². The van der Waals surface area contributed by atoms with Crippen LogP contribution in [-0.4, -0.2) is 10.5 Å². The Hall–Kier alpha value is 0.690. The highest BCUT2D eigenvalue weighted by atomic mass is 127. The Morgan fingerprint density at radius 2 is 1.88 bits per heavy atom. The van der Waals surface area contributed by atoms with Crippen molar-refractivity contribution in [3.8, 4) is 0 Å². The van der Waals surface area contributed by atoms with Crippen molar-refractivity contribution in [3.05, 3.63) is 0 Å². The molecular weight excluding hydrogens is 309 g/mol. The Balaban J connectivity index is 2.25. The molecule has 0 saturated heterocycles. The molecule has 0 aromatic rings. The van der Waals surface area contributed by atoms with Crippen molar-refractivity contribution in [2.24, 2.45) is 29.4 Å². The van der Waals surface area contributed by atoms with Crippen LogP contribution < -0.4 is 5.73 Å². The van der Waals surface area contributed by atoms with Crippen LogP contribution in [-0.2, 0) is 0 Å². The molecule has 0 radical (unpaired) electrons. The maximum absolute atomic E-state index is 6.05. The quantitative estimate of drug-likeness (QED) is 0.546. The second-order valence-corrected chi connectivity index (χ2v) is 6.62. The van der Waals surface area contributed by atoms with Crippen LogP contribution in [0.3, 0.4) is 0 Å². The van der Waals surface area contributed by atoms with E-state index in [1.807, 2.05) is 0 Å². The van der Waals surface area contributed by atoms with Crippen molar-refractivity contribution in [1.29, 1.82) is 0 Å². The lowest BCUT2D eigenvalue weighted by Crippen LogP contribution is -2.32. The molecule has 96 valence electrons. The van der Waals surface area contributed by atoms with Crippen molar-refractivity contribution in [2.45, 2.75) is 58.9 Å². The molecule has 1 aliphatic rings. The summed E-state index contributed by atoms with van der Waals surface area (Å²) in [7, 11) is 0. The molecule has 0 heterocycles. The second kappa shape index (κ2) is 7.20. The molecule has 0 aromatic carbocycles. The van der Waals surface area contributed by atoms with Gasteiger partial charge in [-0.05, 0) is 49.9 Å². The Morgan fingerprint density at radius 3 is 2.25 bits per heavy atom. The topological polar surface area (TPSA) is 26.0 Å². The first-order valence-electron chi connectivity index (χ1n) is 6.91. The molecule has 1 fully saturated rings. The van der Waals surface area contributed by atoms with Gasteiger partial charge < -0.3 is 5.73 Å². The first-order chi connectivity index (χ1) is 7.60. The first kappa shape index (κ1) is 14.7. The third-order valence-electron chi connectivity index (χ3n) is 4.64. The van der Waals surface area contributed by atoms with E-state index in [9.17, 15) is 0 Å². The molecule has 1 rings (SSSR count). The molecule has 5 atom stereocenters. The van der Waals surface area contributed by atoms with E-state index in [0.29, 0.717) is 6.04 Å². The third-order valence-corrected chi connectivity index (χ3v) is 5.77. The lowest BCUT2D eigenvalue weighted by molar-refractivity contribution is 0.165. The third kappa shape index (κ3) is 3.86. The van der Waals surface area contributed by atoms with Gasteiger partial charge in [-0.15, -0.1) is 0 Å². The number of rotatable bonds is 7. The highest BCUT2D eigenvalue weighted by Crippen LogP contribution is 2.40. The van der Waals surface area contributed by atoms with E-state index in [2.05, 4.69) is 43.4 Å². The summed E-state index contributed by atoms with van der Waals surface area (Å²) in [5.74, 6) is 3.59. The minimum absolute atomic E-state index is 0.363. The molecule has 5 unspecified atom stereocenters. The summed E-state index contributed by atoms with van der Waals surface area (Å²) in [5, 5.41) is 0. The van der Waals surface area contributed by atoms with Gasteiger partial charge in [-0.2, -0.15) is 0 Å². The normalized spacial score (nSPS) is 30.6. The van der Waals surface area contributed by atoms with Gasteiger partial charge in [-0.1, -0.05) is 49.3 Å². The molecule has 2 heteroatoms. The van der Waals surface area contributed by atoms with Gasteiger partial charge in [0.05, 0.1) is 0 Å². The van der Waals surface area contributed by atoms with Crippen molar-refractivity contribution in [1.82, 2.24) is 0 Å². The summed E-state index contributed by atoms with van der Waals surface area (Å²) in [6.07, 6.45) is 7.02. The summed E-state index contributed by atoms with van der Waals surface area (Å²) in [4.78, 5) is 0. The van der Waals surface area contributed by atoms with Crippen LogP contribution in [0, 0.1) is 23.7 Å². The Labute approximate surface area is 115 Å².